The molecule has 14 nitrogen and oxygen atoms in total. The number of H-pyrrole nitrogens is 2. The zero-order valence-electron chi connectivity index (χ0n) is 34.5. The van der Waals surface area contributed by atoms with Crippen LogP contribution in [0.1, 0.15) is 134 Å². The van der Waals surface area contributed by atoms with Gasteiger partial charge < -0.3 is 40.5 Å². The average molecular weight is 784 g/mol. The van der Waals surface area contributed by atoms with E-state index in [1.807, 2.05) is 56.8 Å². The molecule has 308 valence electrons. The van der Waals surface area contributed by atoms with Crippen LogP contribution in [0.5, 0.6) is 0 Å². The average Bonchev–Trinajstić information content (AvgIpc) is 4.06. The summed E-state index contributed by atoms with van der Waals surface area (Å²) in [6, 6.07) is 7.07. The number of nitrogens with zero attached hydrogens (tertiary/aromatic N) is 4. The zero-order valence-corrected chi connectivity index (χ0v) is 34.5. The summed E-state index contributed by atoms with van der Waals surface area (Å²) in [4.78, 5) is 72.4. The molecule has 4 unspecified atom stereocenters. The molecule has 4 heterocycles. The van der Waals surface area contributed by atoms with Gasteiger partial charge in [-0.05, 0) is 99.5 Å². The third-order valence-electron chi connectivity index (χ3n) is 13.5. The Labute approximate surface area is 336 Å². The van der Waals surface area contributed by atoms with Crippen LogP contribution < -0.4 is 16.0 Å². The quantitative estimate of drug-likeness (QED) is 0.141. The number of methoxy groups -OCH3 is 1. The number of aromatic nitrogens is 4. The maximum atomic E-state index is 13.8. The Morgan fingerprint density at radius 1 is 0.772 bits per heavy atom. The van der Waals surface area contributed by atoms with Crippen molar-refractivity contribution >= 4 is 23.9 Å². The number of ether oxygens (including phenoxy) is 1. The molecular weight excluding hydrogens is 723 g/mol. The van der Waals surface area contributed by atoms with Crippen molar-refractivity contribution in [3.63, 3.8) is 0 Å². The molecule has 57 heavy (non-hydrogen) atoms. The molecule has 5 N–H and O–H groups in total. The van der Waals surface area contributed by atoms with Gasteiger partial charge in [-0.1, -0.05) is 52.0 Å². The Kier molecular flexibility index (Phi) is 11.7. The Morgan fingerprint density at radius 2 is 1.30 bits per heavy atom. The van der Waals surface area contributed by atoms with E-state index in [0.717, 1.165) is 87.1 Å². The third kappa shape index (κ3) is 7.88. The minimum absolute atomic E-state index is 0.0406. The number of hydrogen-bond acceptors (Lipinski definition) is 7. The number of fused-ring (bicyclic) bond motifs is 3. The van der Waals surface area contributed by atoms with Gasteiger partial charge >= 0.3 is 12.1 Å². The van der Waals surface area contributed by atoms with Gasteiger partial charge in [0.15, 0.2) is 0 Å². The van der Waals surface area contributed by atoms with Crippen LogP contribution in [0.25, 0.3) is 11.3 Å². The van der Waals surface area contributed by atoms with Crippen LogP contribution in [0.3, 0.4) is 0 Å². The highest BCUT2D eigenvalue weighted by atomic mass is 16.5. The normalized spacial score (nSPS) is 25.5. The fourth-order valence-electron chi connectivity index (χ4n) is 10.0. The van der Waals surface area contributed by atoms with Crippen LogP contribution in [0, 0.1) is 11.8 Å². The van der Waals surface area contributed by atoms with E-state index in [0.29, 0.717) is 19.6 Å². The first-order valence-corrected chi connectivity index (χ1v) is 21.1. The lowest BCUT2D eigenvalue weighted by Crippen LogP contribution is -2.53. The minimum Gasteiger partial charge on any atom is -0.453 e. The van der Waals surface area contributed by atoms with Crippen molar-refractivity contribution in [2.45, 2.75) is 134 Å². The number of likely N-dealkylation sites (tertiary alicyclic amines) is 2. The van der Waals surface area contributed by atoms with Crippen LogP contribution in [-0.2, 0) is 25.2 Å². The van der Waals surface area contributed by atoms with Gasteiger partial charge in [0.05, 0.1) is 31.1 Å². The Morgan fingerprint density at radius 3 is 1.84 bits per heavy atom. The highest BCUT2D eigenvalue weighted by Gasteiger charge is 2.51. The monoisotopic (exact) mass is 783 g/mol. The smallest absolute Gasteiger partial charge is 0.407 e. The van der Waals surface area contributed by atoms with Crippen molar-refractivity contribution in [2.75, 3.05) is 26.7 Å². The second kappa shape index (κ2) is 16.5. The molecule has 2 bridgehead atoms. The molecule has 14 heteroatoms. The number of carbonyl (C=O) groups is 4. The number of nitrogens with one attached hydrogen (secondary N) is 5. The maximum Gasteiger partial charge on any atom is 0.407 e. The predicted molar refractivity (Wildman–Crippen MR) is 216 cm³/mol. The fourth-order valence-corrected chi connectivity index (χ4v) is 10.0. The molecule has 5 amide bonds. The molecule has 2 saturated heterocycles. The highest BCUT2D eigenvalue weighted by molar-refractivity contribution is 5.88. The molecule has 5 fully saturated rings. The van der Waals surface area contributed by atoms with Crippen molar-refractivity contribution in [2.24, 2.45) is 11.8 Å². The lowest BCUT2D eigenvalue weighted by atomic mass is 9.51. The lowest BCUT2D eigenvalue weighted by Gasteiger charge is -2.53. The zero-order chi connectivity index (χ0) is 40.5. The molecule has 3 aromatic rings. The lowest BCUT2D eigenvalue weighted by molar-refractivity contribution is -0.136. The molecule has 1 aromatic carbocycles. The molecule has 2 aromatic heterocycles. The van der Waals surface area contributed by atoms with Crippen LogP contribution in [0.15, 0.2) is 36.7 Å². The van der Waals surface area contributed by atoms with Crippen molar-refractivity contribution < 1.29 is 23.9 Å². The van der Waals surface area contributed by atoms with Gasteiger partial charge in [-0.3, -0.25) is 9.59 Å². The van der Waals surface area contributed by atoms with Gasteiger partial charge in [-0.2, -0.15) is 0 Å². The first kappa shape index (κ1) is 40.3. The summed E-state index contributed by atoms with van der Waals surface area (Å²) in [7, 11) is 1.30. The predicted octanol–water partition coefficient (Wildman–Crippen LogP) is 6.39. The van der Waals surface area contributed by atoms with Gasteiger partial charge in [0, 0.05) is 36.9 Å². The second-order valence-corrected chi connectivity index (χ2v) is 17.5. The van der Waals surface area contributed by atoms with E-state index >= 15 is 0 Å². The van der Waals surface area contributed by atoms with Crippen LogP contribution in [0.2, 0.25) is 0 Å². The van der Waals surface area contributed by atoms with Crippen molar-refractivity contribution in [3.05, 3.63) is 59.6 Å². The molecule has 5 aliphatic rings. The summed E-state index contributed by atoms with van der Waals surface area (Å²) >= 11 is 0. The summed E-state index contributed by atoms with van der Waals surface area (Å²) in [5, 5.41) is 8.37. The van der Waals surface area contributed by atoms with Crippen LogP contribution >= 0.6 is 0 Å². The Balaban J connectivity index is 0.989. The molecule has 0 radical (unpaired) electrons. The molecule has 0 spiro atoms. The topological polar surface area (TPSA) is 177 Å². The molecule has 3 aliphatic carbocycles. The SMILES string of the molecule is CCNC(=O)NC(C(=O)N1CCCC1c1ncc(C23CCC(c4ccc(-c5cnc(C6CCCN6C(=O)C(NC(=O)OC)C(C)C)[nH]5)cc4)(CC2)CC3)[nH]1)C(C)C. The number of benzene rings is 1. The van der Waals surface area contributed by atoms with E-state index in [-0.39, 0.29) is 52.6 Å². The number of amides is 5. The number of rotatable bonds is 12. The molecule has 2 aliphatic heterocycles. The van der Waals surface area contributed by atoms with E-state index in [9.17, 15) is 19.2 Å². The maximum absolute atomic E-state index is 13.8. The summed E-state index contributed by atoms with van der Waals surface area (Å²) in [6.45, 7) is 11.4. The van der Waals surface area contributed by atoms with Crippen molar-refractivity contribution in [1.82, 2.24) is 45.7 Å². The molecule has 3 saturated carbocycles. The number of carbonyl (C=O) groups excluding carboxylic acids is 4. The summed E-state index contributed by atoms with van der Waals surface area (Å²) in [5.74, 6) is 1.32. The summed E-state index contributed by atoms with van der Waals surface area (Å²) in [5.41, 5.74) is 4.77. The van der Waals surface area contributed by atoms with E-state index < -0.39 is 18.2 Å². The first-order valence-electron chi connectivity index (χ1n) is 21.1. The van der Waals surface area contributed by atoms with E-state index in [4.69, 9.17) is 14.7 Å². The summed E-state index contributed by atoms with van der Waals surface area (Å²) in [6.07, 6.45) is 13.3. The third-order valence-corrected chi connectivity index (χ3v) is 13.5. The van der Waals surface area contributed by atoms with Gasteiger partial charge in [-0.15, -0.1) is 0 Å². The van der Waals surface area contributed by atoms with E-state index in [1.165, 1.54) is 18.4 Å². The molecule has 8 rings (SSSR count). The second-order valence-electron chi connectivity index (χ2n) is 17.5. The Hall–Kier alpha value is -4.88. The van der Waals surface area contributed by atoms with Crippen LogP contribution in [0.4, 0.5) is 9.59 Å². The van der Waals surface area contributed by atoms with Gasteiger partial charge in [0.1, 0.15) is 23.7 Å². The van der Waals surface area contributed by atoms with Crippen molar-refractivity contribution in [3.8, 4) is 11.3 Å². The molecule has 4 atom stereocenters. The summed E-state index contributed by atoms with van der Waals surface area (Å²) < 4.78 is 4.78. The number of hydrogen-bond donors (Lipinski definition) is 5. The number of imidazole rings is 2. The number of aromatic amines is 2. The minimum atomic E-state index is -0.672. The van der Waals surface area contributed by atoms with Crippen molar-refractivity contribution in [1.29, 1.82) is 0 Å². The van der Waals surface area contributed by atoms with Gasteiger partial charge in [0.25, 0.3) is 0 Å². The first-order chi connectivity index (χ1) is 27.4. The van der Waals surface area contributed by atoms with E-state index in [1.54, 1.807) is 0 Å². The van der Waals surface area contributed by atoms with E-state index in [2.05, 4.69) is 50.2 Å². The largest absolute Gasteiger partial charge is 0.453 e. The van der Waals surface area contributed by atoms with Gasteiger partial charge in [0.2, 0.25) is 11.8 Å². The number of alkyl carbamates (subject to hydrolysis) is 1. The fraction of sp³-hybridized carbons (Fsp3) is 0.628. The van der Waals surface area contributed by atoms with Crippen LogP contribution in [-0.4, -0.2) is 92.5 Å². The van der Waals surface area contributed by atoms with Gasteiger partial charge in [-0.25, -0.2) is 19.6 Å². The molecular formula is C43H61N9O5. The standard InChI is InChI=1S/C43H61N9O5/c1-7-44-40(55)49-34(26(2)3)38(53)52-23-9-11-32(52)37-46-25-33(48-37)43-19-16-42(17-20-43,18-21-43)29-14-12-28(13-15-29)30-24-45-36(47-30)31-10-8-22-51(31)39(54)35(27(4)5)50-41(56)57-6/h12-15,24-27,31-32,34-35H,7-11,16-23H2,1-6H3,(H,45,47)(H,46,48)(H,50,56)(H2,44,49,55). The number of urea groups is 1. The highest BCUT2D eigenvalue weighted by Crippen LogP contribution is 2.58. The Bertz CT molecular complexity index is 1890.